The Balaban J connectivity index is 2.69. The van der Waals surface area contributed by atoms with Crippen LogP contribution in [0, 0.1) is 0 Å². The van der Waals surface area contributed by atoms with Gasteiger partial charge in [0.25, 0.3) is 0 Å². The van der Waals surface area contributed by atoms with E-state index in [-0.39, 0.29) is 0 Å². The normalized spacial score (nSPS) is 10.5. The van der Waals surface area contributed by atoms with Crippen LogP contribution in [0.5, 0.6) is 11.5 Å². The van der Waals surface area contributed by atoms with Gasteiger partial charge in [-0.25, -0.2) is 0 Å². The Hall–Kier alpha value is -1.49. The van der Waals surface area contributed by atoms with Gasteiger partial charge in [-0.15, -0.1) is 0 Å². The van der Waals surface area contributed by atoms with E-state index < -0.39 is 0 Å². The fourth-order valence-corrected chi connectivity index (χ4v) is 3.16. The minimum absolute atomic E-state index is 0.757. The van der Waals surface area contributed by atoms with E-state index in [1.54, 1.807) is 14.2 Å². The number of benzene rings is 1. The van der Waals surface area contributed by atoms with Crippen molar-refractivity contribution in [1.29, 1.82) is 0 Å². The van der Waals surface area contributed by atoms with Gasteiger partial charge in [0.1, 0.15) is 11.5 Å². The van der Waals surface area contributed by atoms with Crippen LogP contribution in [0.3, 0.4) is 0 Å². The van der Waals surface area contributed by atoms with E-state index in [1.165, 1.54) is 51.4 Å². The molecule has 0 fully saturated rings. The highest BCUT2D eigenvalue weighted by Gasteiger charge is 2.11. The molecule has 0 amide bonds. The van der Waals surface area contributed by atoms with Crippen molar-refractivity contribution in [2.24, 2.45) is 0 Å². The summed E-state index contributed by atoms with van der Waals surface area (Å²) in [6, 6.07) is 5.75. The molecular weight excluding hydrogens is 344 g/mol. The number of anilines is 1. The number of rotatable bonds is 13. The van der Waals surface area contributed by atoms with Crippen LogP contribution in [-0.4, -0.2) is 37.3 Å². The van der Waals surface area contributed by atoms with Crippen molar-refractivity contribution in [2.75, 3.05) is 32.6 Å². The molecule has 0 aromatic heterocycles. The average Bonchev–Trinajstić information content (AvgIpc) is 2.66. The predicted octanol–water partition coefficient (Wildman–Crippen LogP) is 5.86. The van der Waals surface area contributed by atoms with Crippen molar-refractivity contribution >= 4 is 23.0 Å². The summed E-state index contributed by atoms with van der Waals surface area (Å²) < 4.78 is 10.7. The molecule has 0 spiro atoms. The van der Waals surface area contributed by atoms with Gasteiger partial charge in [-0.1, -0.05) is 52.4 Å². The maximum Gasteiger partial charge on any atom is 0.173 e. The largest absolute Gasteiger partial charge is 0.497 e. The lowest BCUT2D eigenvalue weighted by Gasteiger charge is -2.26. The van der Waals surface area contributed by atoms with Crippen LogP contribution in [0.4, 0.5) is 5.69 Å². The Morgan fingerprint density at radius 2 is 1.35 bits per heavy atom. The molecule has 0 radical (unpaired) electrons. The quantitative estimate of drug-likeness (QED) is 0.342. The predicted molar refractivity (Wildman–Crippen MR) is 116 cm³/mol. The van der Waals surface area contributed by atoms with Crippen molar-refractivity contribution in [3.8, 4) is 11.5 Å². The molecule has 4 nitrogen and oxygen atoms in total. The number of unbranched alkanes of at least 4 members (excludes halogenated alkanes) is 6. The minimum atomic E-state index is 0.757. The third kappa shape index (κ3) is 8.75. The van der Waals surface area contributed by atoms with Gasteiger partial charge in [-0.05, 0) is 25.1 Å². The fraction of sp³-hybridized carbons (Fsp3) is 0.667. The van der Waals surface area contributed by atoms with Crippen molar-refractivity contribution in [1.82, 2.24) is 4.90 Å². The summed E-state index contributed by atoms with van der Waals surface area (Å²) in [5, 5.41) is 4.16. The first kappa shape index (κ1) is 22.6. The third-order valence-corrected chi connectivity index (χ3v) is 4.81. The molecule has 1 aromatic carbocycles. The summed E-state index contributed by atoms with van der Waals surface area (Å²) in [4.78, 5) is 2.31. The number of hydrogen-bond donors (Lipinski definition) is 1. The maximum absolute atomic E-state index is 5.71. The highest BCUT2D eigenvalue weighted by molar-refractivity contribution is 7.80. The molecule has 1 aromatic rings. The number of thiocarbonyl (C=S) groups is 1. The lowest BCUT2D eigenvalue weighted by Crippen LogP contribution is -2.36. The lowest BCUT2D eigenvalue weighted by atomic mass is 10.2. The van der Waals surface area contributed by atoms with Gasteiger partial charge < -0.3 is 19.7 Å². The van der Waals surface area contributed by atoms with Gasteiger partial charge in [0.15, 0.2) is 5.11 Å². The van der Waals surface area contributed by atoms with Crippen molar-refractivity contribution in [2.45, 2.75) is 65.2 Å². The molecule has 1 rings (SSSR count). The molecule has 0 unspecified atom stereocenters. The summed E-state index contributed by atoms with van der Waals surface area (Å²) >= 11 is 5.71. The first-order valence-electron chi connectivity index (χ1n) is 9.93. The second kappa shape index (κ2) is 13.7. The standard InChI is InChI=1S/C21H36N2O2S/c1-5-7-9-11-13-23(14-12-10-8-6-2)21(26)22-18-15-19(24-3)17-20(16-18)25-4/h15-17H,5-14H2,1-4H3,(H,22,26). The van der Waals surface area contributed by atoms with Crippen molar-refractivity contribution in [3.05, 3.63) is 18.2 Å². The number of methoxy groups -OCH3 is 2. The minimum Gasteiger partial charge on any atom is -0.497 e. The van der Waals surface area contributed by atoms with E-state index in [2.05, 4.69) is 24.1 Å². The smallest absolute Gasteiger partial charge is 0.173 e. The van der Waals surface area contributed by atoms with Crippen LogP contribution < -0.4 is 14.8 Å². The zero-order chi connectivity index (χ0) is 19.2. The second-order valence-corrected chi connectivity index (χ2v) is 7.03. The van der Waals surface area contributed by atoms with E-state index in [9.17, 15) is 0 Å². The molecular formula is C21H36N2O2S. The monoisotopic (exact) mass is 380 g/mol. The van der Waals surface area contributed by atoms with Crippen LogP contribution in [0.1, 0.15) is 65.2 Å². The number of nitrogens with one attached hydrogen (secondary N) is 1. The Morgan fingerprint density at radius 3 is 1.77 bits per heavy atom. The second-order valence-electron chi connectivity index (χ2n) is 6.64. The molecule has 0 heterocycles. The number of ether oxygens (including phenoxy) is 2. The zero-order valence-corrected chi connectivity index (χ0v) is 17.8. The molecule has 1 N–H and O–H groups in total. The topological polar surface area (TPSA) is 33.7 Å². The van der Waals surface area contributed by atoms with Gasteiger partial charge >= 0.3 is 0 Å². The van der Waals surface area contributed by atoms with Gasteiger partial charge in [-0.2, -0.15) is 0 Å². The van der Waals surface area contributed by atoms with E-state index in [0.29, 0.717) is 0 Å². The first-order valence-corrected chi connectivity index (χ1v) is 10.3. The molecule has 0 atom stereocenters. The van der Waals surface area contributed by atoms with E-state index >= 15 is 0 Å². The first-order chi connectivity index (χ1) is 12.6. The van der Waals surface area contributed by atoms with E-state index in [0.717, 1.165) is 35.4 Å². The number of hydrogen-bond acceptors (Lipinski definition) is 3. The Labute approximate surface area is 165 Å². The van der Waals surface area contributed by atoms with Crippen molar-refractivity contribution in [3.63, 3.8) is 0 Å². The lowest BCUT2D eigenvalue weighted by molar-refractivity contribution is 0.390. The molecule has 148 valence electrons. The summed E-state index contributed by atoms with van der Waals surface area (Å²) in [6.45, 7) is 6.51. The van der Waals surface area contributed by atoms with E-state index in [1.807, 2.05) is 18.2 Å². The summed E-state index contributed by atoms with van der Waals surface area (Å²) in [7, 11) is 3.31. The van der Waals surface area contributed by atoms with Gasteiger partial charge in [0, 0.05) is 37.0 Å². The van der Waals surface area contributed by atoms with E-state index in [4.69, 9.17) is 21.7 Å². The Bertz CT molecular complexity index is 488. The van der Waals surface area contributed by atoms with Crippen LogP contribution in [-0.2, 0) is 0 Å². The summed E-state index contributed by atoms with van der Waals surface area (Å²) in [5.74, 6) is 1.51. The highest BCUT2D eigenvalue weighted by atomic mass is 32.1. The van der Waals surface area contributed by atoms with Gasteiger partial charge in [0.2, 0.25) is 0 Å². The summed E-state index contributed by atoms with van der Waals surface area (Å²) in [6.07, 6.45) is 9.98. The molecule has 26 heavy (non-hydrogen) atoms. The third-order valence-electron chi connectivity index (χ3n) is 4.45. The van der Waals surface area contributed by atoms with Crippen LogP contribution in [0.15, 0.2) is 18.2 Å². The molecule has 0 aliphatic heterocycles. The van der Waals surface area contributed by atoms with Gasteiger partial charge in [0.05, 0.1) is 14.2 Å². The van der Waals surface area contributed by atoms with Gasteiger partial charge in [-0.3, -0.25) is 0 Å². The highest BCUT2D eigenvalue weighted by Crippen LogP contribution is 2.26. The maximum atomic E-state index is 5.71. The van der Waals surface area contributed by atoms with Crippen molar-refractivity contribution < 1.29 is 9.47 Å². The Kier molecular flexibility index (Phi) is 11.9. The molecule has 0 saturated carbocycles. The summed E-state index contributed by atoms with van der Waals surface area (Å²) in [5.41, 5.74) is 0.901. The zero-order valence-electron chi connectivity index (χ0n) is 17.0. The molecule has 0 aliphatic rings. The van der Waals surface area contributed by atoms with Crippen LogP contribution in [0.2, 0.25) is 0 Å². The average molecular weight is 381 g/mol. The van der Waals surface area contributed by atoms with Crippen LogP contribution >= 0.6 is 12.2 Å². The molecule has 0 saturated heterocycles. The molecule has 0 aliphatic carbocycles. The SMILES string of the molecule is CCCCCCN(CCCCCC)C(=S)Nc1cc(OC)cc(OC)c1. The van der Waals surface area contributed by atoms with Crippen LogP contribution in [0.25, 0.3) is 0 Å². The molecule has 5 heteroatoms. The Morgan fingerprint density at radius 1 is 0.846 bits per heavy atom. The molecule has 0 bridgehead atoms. The number of nitrogens with zero attached hydrogens (tertiary/aromatic N) is 1. The fourth-order valence-electron chi connectivity index (χ4n) is 2.86.